The fourth-order valence-electron chi connectivity index (χ4n) is 1.85. The molecule has 104 valence electrons. The molecule has 4 heteroatoms. The number of ketones is 1. The Labute approximate surface area is 118 Å². The number of carbonyl (C=O) groups is 2. The average molecular weight is 271 g/mol. The molecule has 0 aliphatic carbocycles. The first-order valence-corrected chi connectivity index (χ1v) is 6.38. The molecule has 1 heterocycles. The van der Waals surface area contributed by atoms with Crippen LogP contribution in [0.15, 0.2) is 36.4 Å². The van der Waals surface area contributed by atoms with Crippen molar-refractivity contribution < 1.29 is 14.3 Å². The summed E-state index contributed by atoms with van der Waals surface area (Å²) >= 11 is 0. The summed E-state index contributed by atoms with van der Waals surface area (Å²) in [4.78, 5) is 23.8. The third-order valence-electron chi connectivity index (χ3n) is 3.29. The van der Waals surface area contributed by atoms with E-state index in [9.17, 15) is 9.59 Å². The molecule has 0 amide bonds. The van der Waals surface area contributed by atoms with Gasteiger partial charge in [0.05, 0.1) is 0 Å². The van der Waals surface area contributed by atoms with Crippen LogP contribution >= 0.6 is 0 Å². The normalized spacial score (nSPS) is 10.3. The molecule has 2 rings (SSSR count). The lowest BCUT2D eigenvalue weighted by Crippen LogP contribution is -2.16. The van der Waals surface area contributed by atoms with Gasteiger partial charge < -0.3 is 9.30 Å². The molecule has 0 atom stereocenters. The second-order valence-corrected chi connectivity index (χ2v) is 4.78. The van der Waals surface area contributed by atoms with Gasteiger partial charge in [0, 0.05) is 18.3 Å². The van der Waals surface area contributed by atoms with Crippen LogP contribution in [0.1, 0.15) is 32.1 Å². The zero-order chi connectivity index (χ0) is 14.7. The van der Waals surface area contributed by atoms with E-state index in [4.69, 9.17) is 4.74 Å². The van der Waals surface area contributed by atoms with Crippen LogP contribution in [0, 0.1) is 13.8 Å². The van der Waals surface area contributed by atoms with Crippen molar-refractivity contribution in [1.82, 2.24) is 4.57 Å². The quantitative estimate of drug-likeness (QED) is 0.634. The molecule has 0 aliphatic heterocycles. The van der Waals surface area contributed by atoms with Crippen molar-refractivity contribution in [3.05, 3.63) is 58.9 Å². The molecule has 2 aromatic rings. The monoisotopic (exact) mass is 271 g/mol. The minimum absolute atomic E-state index is 0.204. The zero-order valence-corrected chi connectivity index (χ0v) is 11.8. The van der Waals surface area contributed by atoms with E-state index < -0.39 is 5.97 Å². The summed E-state index contributed by atoms with van der Waals surface area (Å²) in [6.07, 6.45) is 0. The number of esters is 1. The summed E-state index contributed by atoms with van der Waals surface area (Å²) in [6.45, 7) is 3.60. The third-order valence-corrected chi connectivity index (χ3v) is 3.29. The van der Waals surface area contributed by atoms with Gasteiger partial charge in [0.25, 0.3) is 0 Å². The number of carbonyl (C=O) groups excluding carboxylic acids is 2. The zero-order valence-electron chi connectivity index (χ0n) is 11.8. The minimum Gasteiger partial charge on any atom is -0.453 e. The van der Waals surface area contributed by atoms with E-state index in [0.29, 0.717) is 11.3 Å². The van der Waals surface area contributed by atoms with Crippen LogP contribution in [0.4, 0.5) is 0 Å². The van der Waals surface area contributed by atoms with Gasteiger partial charge in [-0.2, -0.15) is 0 Å². The maximum atomic E-state index is 11.9. The Balaban J connectivity index is 1.98. The van der Waals surface area contributed by atoms with Gasteiger partial charge in [-0.05, 0) is 26.0 Å². The van der Waals surface area contributed by atoms with E-state index in [1.165, 1.54) is 0 Å². The molecular formula is C16H17NO3. The molecule has 0 bridgehead atoms. The van der Waals surface area contributed by atoms with E-state index >= 15 is 0 Å². The highest BCUT2D eigenvalue weighted by Gasteiger charge is 2.14. The van der Waals surface area contributed by atoms with E-state index in [2.05, 4.69) is 0 Å². The Bertz CT molecular complexity index is 638. The number of ether oxygens (including phenoxy) is 1. The highest BCUT2D eigenvalue weighted by Crippen LogP contribution is 2.09. The number of Topliss-reactive ketones (excluding diaryl/α,β-unsaturated/α-hetero) is 1. The van der Waals surface area contributed by atoms with Gasteiger partial charge in [-0.1, -0.05) is 29.8 Å². The Morgan fingerprint density at radius 2 is 1.70 bits per heavy atom. The number of aromatic nitrogens is 1. The molecule has 0 radical (unpaired) electrons. The summed E-state index contributed by atoms with van der Waals surface area (Å²) in [7, 11) is 1.79. The molecule has 0 unspecified atom stereocenters. The number of nitrogens with zero attached hydrogens (tertiary/aromatic N) is 1. The predicted octanol–water partition coefficient (Wildman–Crippen LogP) is 2.68. The van der Waals surface area contributed by atoms with Gasteiger partial charge in [0.15, 0.2) is 12.4 Å². The van der Waals surface area contributed by atoms with Gasteiger partial charge in [0.1, 0.15) is 5.69 Å². The molecule has 0 N–H and O–H groups in total. The average Bonchev–Trinajstić information content (AvgIpc) is 2.77. The fraction of sp³-hybridized carbons (Fsp3) is 0.250. The van der Waals surface area contributed by atoms with Gasteiger partial charge in [-0.3, -0.25) is 4.79 Å². The third kappa shape index (κ3) is 2.96. The van der Waals surface area contributed by atoms with Crippen LogP contribution in [-0.2, 0) is 11.8 Å². The van der Waals surface area contributed by atoms with Crippen molar-refractivity contribution in [2.45, 2.75) is 13.8 Å². The van der Waals surface area contributed by atoms with Gasteiger partial charge >= 0.3 is 5.97 Å². The molecule has 0 fully saturated rings. The second kappa shape index (κ2) is 5.74. The van der Waals surface area contributed by atoms with Crippen molar-refractivity contribution in [1.29, 1.82) is 0 Å². The molecule has 20 heavy (non-hydrogen) atoms. The maximum Gasteiger partial charge on any atom is 0.355 e. The maximum absolute atomic E-state index is 11.9. The highest BCUT2D eigenvalue weighted by atomic mass is 16.5. The molecule has 1 aromatic carbocycles. The lowest BCUT2D eigenvalue weighted by Gasteiger charge is -2.06. The molecule has 0 saturated heterocycles. The standard InChI is InChI=1S/C16H17NO3/c1-11-4-7-13(8-5-11)15(18)10-20-16(19)14-9-6-12(2)17(14)3/h4-9H,10H2,1-3H3. The second-order valence-electron chi connectivity index (χ2n) is 4.78. The molecule has 1 aromatic heterocycles. The Morgan fingerprint density at radius 3 is 2.25 bits per heavy atom. The largest absolute Gasteiger partial charge is 0.453 e. The SMILES string of the molecule is Cc1ccc(C(=O)COC(=O)c2ccc(C)n2C)cc1. The predicted molar refractivity (Wildman–Crippen MR) is 75.9 cm³/mol. The summed E-state index contributed by atoms with van der Waals surface area (Å²) in [5.41, 5.74) is 3.03. The Kier molecular flexibility index (Phi) is 4.03. The van der Waals surface area contributed by atoms with Crippen LogP contribution in [0.5, 0.6) is 0 Å². The molecule has 0 spiro atoms. The Morgan fingerprint density at radius 1 is 1.05 bits per heavy atom. The number of hydrogen-bond donors (Lipinski definition) is 0. The van der Waals surface area contributed by atoms with Gasteiger partial charge in [0.2, 0.25) is 0 Å². The first-order chi connectivity index (χ1) is 9.49. The Hall–Kier alpha value is -2.36. The number of rotatable bonds is 4. The van der Waals surface area contributed by atoms with E-state index in [0.717, 1.165) is 11.3 Å². The van der Waals surface area contributed by atoms with E-state index in [-0.39, 0.29) is 12.4 Å². The van der Waals surface area contributed by atoms with Crippen LogP contribution < -0.4 is 0 Å². The number of aryl methyl sites for hydroxylation is 2. The van der Waals surface area contributed by atoms with Crippen molar-refractivity contribution in [2.24, 2.45) is 7.05 Å². The van der Waals surface area contributed by atoms with Crippen LogP contribution in [0.2, 0.25) is 0 Å². The lowest BCUT2D eigenvalue weighted by atomic mass is 10.1. The minimum atomic E-state index is -0.485. The van der Waals surface area contributed by atoms with E-state index in [1.807, 2.05) is 32.0 Å². The van der Waals surface area contributed by atoms with Crippen molar-refractivity contribution in [3.63, 3.8) is 0 Å². The van der Waals surface area contributed by atoms with E-state index in [1.54, 1.807) is 29.8 Å². The summed E-state index contributed by atoms with van der Waals surface area (Å²) in [6, 6.07) is 10.7. The van der Waals surface area contributed by atoms with Crippen LogP contribution in [0.3, 0.4) is 0 Å². The van der Waals surface area contributed by atoms with Crippen LogP contribution in [0.25, 0.3) is 0 Å². The summed E-state index contributed by atoms with van der Waals surface area (Å²) in [5, 5.41) is 0. The van der Waals surface area contributed by atoms with Crippen LogP contribution in [-0.4, -0.2) is 22.9 Å². The molecular weight excluding hydrogens is 254 g/mol. The summed E-state index contributed by atoms with van der Waals surface area (Å²) < 4.78 is 6.79. The van der Waals surface area contributed by atoms with Gasteiger partial charge in [-0.15, -0.1) is 0 Å². The molecule has 0 saturated carbocycles. The topological polar surface area (TPSA) is 48.3 Å². The fourth-order valence-corrected chi connectivity index (χ4v) is 1.85. The van der Waals surface area contributed by atoms with Crippen molar-refractivity contribution in [2.75, 3.05) is 6.61 Å². The molecule has 0 aliphatic rings. The van der Waals surface area contributed by atoms with Gasteiger partial charge in [-0.25, -0.2) is 4.79 Å². The first kappa shape index (κ1) is 14.1. The van der Waals surface area contributed by atoms with Crippen molar-refractivity contribution >= 4 is 11.8 Å². The van der Waals surface area contributed by atoms with Crippen molar-refractivity contribution in [3.8, 4) is 0 Å². The lowest BCUT2D eigenvalue weighted by molar-refractivity contribution is 0.0465. The number of hydrogen-bond acceptors (Lipinski definition) is 3. The smallest absolute Gasteiger partial charge is 0.355 e. The highest BCUT2D eigenvalue weighted by molar-refractivity contribution is 5.99. The first-order valence-electron chi connectivity index (χ1n) is 6.38. The number of benzene rings is 1. The summed E-state index contributed by atoms with van der Waals surface area (Å²) in [5.74, 6) is -0.689. The molecule has 4 nitrogen and oxygen atoms in total.